The molecule has 0 bridgehead atoms. The molecule has 2 rings (SSSR count). The number of carbonyl (C=O) groups excluding carboxylic acids is 1. The Morgan fingerprint density at radius 1 is 0.857 bits per heavy atom. The third kappa shape index (κ3) is 7.93. The van der Waals surface area contributed by atoms with E-state index >= 15 is 0 Å². The molecule has 0 spiro atoms. The van der Waals surface area contributed by atoms with Crippen LogP contribution in [0.15, 0.2) is 48.5 Å². The van der Waals surface area contributed by atoms with Crippen molar-refractivity contribution in [2.24, 2.45) is 0 Å². The lowest BCUT2D eigenvalue weighted by molar-refractivity contribution is 0.112. The molecular weight excluding hydrogens is 258 g/mol. The molecule has 114 valence electrons. The van der Waals surface area contributed by atoms with Gasteiger partial charge in [0, 0.05) is 25.3 Å². The van der Waals surface area contributed by atoms with E-state index < -0.39 is 0 Å². The Morgan fingerprint density at radius 2 is 1.43 bits per heavy atom. The van der Waals surface area contributed by atoms with Crippen molar-refractivity contribution < 1.29 is 4.79 Å². The largest absolute Gasteiger partial charge is 0.378 e. The van der Waals surface area contributed by atoms with Crippen LogP contribution in [0.4, 0.5) is 5.69 Å². The zero-order valence-corrected chi connectivity index (χ0v) is 14.1. The molecule has 0 saturated heterocycles. The Balaban J connectivity index is 0.000000342. The number of carbonyl (C=O) groups is 1. The molecule has 2 nitrogen and oxygen atoms in total. The molecule has 0 saturated carbocycles. The van der Waals surface area contributed by atoms with Crippen LogP contribution < -0.4 is 4.90 Å². The lowest BCUT2D eigenvalue weighted by Crippen LogP contribution is -2.07. The molecule has 0 N–H and O–H groups in total. The summed E-state index contributed by atoms with van der Waals surface area (Å²) in [5, 5.41) is 0. The van der Waals surface area contributed by atoms with Crippen LogP contribution in [0, 0.1) is 13.8 Å². The predicted molar refractivity (Wildman–Crippen MR) is 93.4 cm³/mol. The van der Waals surface area contributed by atoms with Crippen molar-refractivity contribution in [1.82, 2.24) is 0 Å². The third-order valence-electron chi connectivity index (χ3n) is 2.73. The van der Waals surface area contributed by atoms with Crippen LogP contribution >= 0.6 is 0 Å². The van der Waals surface area contributed by atoms with Gasteiger partial charge in [-0.2, -0.15) is 0 Å². The number of aldehydes is 1. The van der Waals surface area contributed by atoms with E-state index in [1.807, 2.05) is 53.1 Å². The SMILES string of the molecule is CC.Cc1ccc(N(C)C)cc1.Cc1cccc(C=O)c1. The summed E-state index contributed by atoms with van der Waals surface area (Å²) in [7, 11) is 4.09. The highest BCUT2D eigenvalue weighted by Gasteiger charge is 1.90. The van der Waals surface area contributed by atoms with Gasteiger partial charge in [0.25, 0.3) is 0 Å². The van der Waals surface area contributed by atoms with E-state index in [2.05, 4.69) is 36.1 Å². The molecule has 0 aliphatic heterocycles. The van der Waals surface area contributed by atoms with Gasteiger partial charge in [-0.15, -0.1) is 0 Å². The first-order chi connectivity index (χ1) is 10.0. The molecule has 21 heavy (non-hydrogen) atoms. The number of hydrogen-bond acceptors (Lipinski definition) is 2. The normalized spacial score (nSPS) is 8.67. The Hall–Kier alpha value is -2.09. The van der Waals surface area contributed by atoms with Gasteiger partial charge in [0.15, 0.2) is 0 Å². The van der Waals surface area contributed by atoms with Gasteiger partial charge in [-0.3, -0.25) is 4.79 Å². The first kappa shape index (κ1) is 18.9. The maximum absolute atomic E-state index is 10.2. The molecule has 0 amide bonds. The molecular formula is C19H27NO. The Labute approximate surface area is 129 Å². The van der Waals surface area contributed by atoms with E-state index in [0.29, 0.717) is 0 Å². The molecule has 0 aliphatic carbocycles. The molecule has 2 aromatic carbocycles. The predicted octanol–water partition coefficient (Wildman–Crippen LogP) is 4.89. The maximum Gasteiger partial charge on any atom is 0.150 e. The summed E-state index contributed by atoms with van der Waals surface area (Å²) in [6.45, 7) is 8.06. The topological polar surface area (TPSA) is 20.3 Å². The Bertz CT molecular complexity index is 515. The lowest BCUT2D eigenvalue weighted by atomic mass is 10.2. The number of aryl methyl sites for hydroxylation is 2. The Kier molecular flexibility index (Phi) is 9.61. The van der Waals surface area contributed by atoms with Gasteiger partial charge in [0.1, 0.15) is 6.29 Å². The second kappa shape index (κ2) is 10.7. The molecule has 2 heteroatoms. The second-order valence-electron chi connectivity index (χ2n) is 4.76. The van der Waals surface area contributed by atoms with E-state index in [0.717, 1.165) is 17.4 Å². The van der Waals surface area contributed by atoms with Gasteiger partial charge in [-0.25, -0.2) is 0 Å². The van der Waals surface area contributed by atoms with Crippen LogP contribution in [-0.2, 0) is 0 Å². The minimum Gasteiger partial charge on any atom is -0.378 e. The molecule has 2 aromatic rings. The monoisotopic (exact) mass is 285 g/mol. The molecule has 0 heterocycles. The highest BCUT2D eigenvalue weighted by atomic mass is 16.1. The van der Waals surface area contributed by atoms with Gasteiger partial charge in [0.2, 0.25) is 0 Å². The number of hydrogen-bond donors (Lipinski definition) is 0. The van der Waals surface area contributed by atoms with Crippen molar-refractivity contribution in [3.8, 4) is 0 Å². The van der Waals surface area contributed by atoms with Crippen molar-refractivity contribution in [3.63, 3.8) is 0 Å². The molecule has 0 fully saturated rings. The zero-order chi connectivity index (χ0) is 16.3. The summed E-state index contributed by atoms with van der Waals surface area (Å²) in [5.74, 6) is 0. The standard InChI is InChI=1S/C9H13N.C8H8O.C2H6/c1-8-4-6-9(7-5-8)10(2)3;1-7-3-2-4-8(5-7)6-9;1-2/h4-7H,1-3H3;2-6H,1H3;1-2H3. The minimum atomic E-state index is 0.745. The van der Waals surface area contributed by atoms with Crippen LogP contribution in [0.25, 0.3) is 0 Å². The van der Waals surface area contributed by atoms with Crippen LogP contribution in [0.3, 0.4) is 0 Å². The number of rotatable bonds is 2. The van der Waals surface area contributed by atoms with Crippen LogP contribution in [-0.4, -0.2) is 20.4 Å². The fourth-order valence-corrected chi connectivity index (χ4v) is 1.59. The van der Waals surface area contributed by atoms with E-state index in [9.17, 15) is 4.79 Å². The highest BCUT2D eigenvalue weighted by molar-refractivity contribution is 5.74. The summed E-state index contributed by atoms with van der Waals surface area (Å²) in [4.78, 5) is 12.3. The molecule has 0 unspecified atom stereocenters. The van der Waals surface area contributed by atoms with Gasteiger partial charge >= 0.3 is 0 Å². The number of anilines is 1. The number of benzene rings is 2. The summed E-state index contributed by atoms with van der Waals surface area (Å²) < 4.78 is 0. The second-order valence-corrected chi connectivity index (χ2v) is 4.76. The van der Waals surface area contributed by atoms with E-state index in [1.165, 1.54) is 11.3 Å². The van der Waals surface area contributed by atoms with Gasteiger partial charge < -0.3 is 4.90 Å². The minimum absolute atomic E-state index is 0.745. The smallest absolute Gasteiger partial charge is 0.150 e. The molecule has 0 aromatic heterocycles. The molecule has 0 aliphatic rings. The fraction of sp³-hybridized carbons (Fsp3) is 0.316. The van der Waals surface area contributed by atoms with Gasteiger partial charge in [-0.05, 0) is 32.0 Å². The first-order valence-electron chi connectivity index (χ1n) is 7.29. The summed E-state index contributed by atoms with van der Waals surface area (Å²) in [6.07, 6.45) is 0.854. The van der Waals surface area contributed by atoms with Crippen molar-refractivity contribution in [2.45, 2.75) is 27.7 Å². The van der Waals surface area contributed by atoms with Crippen molar-refractivity contribution in [1.29, 1.82) is 0 Å². The summed E-state index contributed by atoms with van der Waals surface area (Å²) in [6, 6.07) is 16.0. The van der Waals surface area contributed by atoms with Crippen molar-refractivity contribution in [2.75, 3.05) is 19.0 Å². The maximum atomic E-state index is 10.2. The van der Waals surface area contributed by atoms with E-state index in [4.69, 9.17) is 0 Å². The molecule has 0 atom stereocenters. The quantitative estimate of drug-likeness (QED) is 0.732. The van der Waals surface area contributed by atoms with Crippen molar-refractivity contribution >= 4 is 12.0 Å². The Morgan fingerprint density at radius 3 is 1.81 bits per heavy atom. The van der Waals surface area contributed by atoms with Crippen molar-refractivity contribution in [3.05, 3.63) is 65.2 Å². The average Bonchev–Trinajstić information content (AvgIpc) is 2.50. The average molecular weight is 285 g/mol. The fourth-order valence-electron chi connectivity index (χ4n) is 1.59. The zero-order valence-electron chi connectivity index (χ0n) is 14.1. The van der Waals surface area contributed by atoms with Gasteiger partial charge in [0.05, 0.1) is 0 Å². The summed E-state index contributed by atoms with van der Waals surface area (Å²) in [5.41, 5.74) is 4.44. The summed E-state index contributed by atoms with van der Waals surface area (Å²) >= 11 is 0. The number of nitrogens with zero attached hydrogens (tertiary/aromatic N) is 1. The highest BCUT2D eigenvalue weighted by Crippen LogP contribution is 2.10. The molecule has 0 radical (unpaired) electrons. The van der Waals surface area contributed by atoms with Gasteiger partial charge in [-0.1, -0.05) is 55.3 Å². The van der Waals surface area contributed by atoms with Crippen LogP contribution in [0.5, 0.6) is 0 Å². The van der Waals surface area contributed by atoms with E-state index in [1.54, 1.807) is 6.07 Å². The van der Waals surface area contributed by atoms with Crippen LogP contribution in [0.1, 0.15) is 35.3 Å². The third-order valence-corrected chi connectivity index (χ3v) is 2.73. The van der Waals surface area contributed by atoms with Crippen LogP contribution in [0.2, 0.25) is 0 Å². The first-order valence-corrected chi connectivity index (χ1v) is 7.29. The van der Waals surface area contributed by atoms with E-state index in [-0.39, 0.29) is 0 Å². The lowest BCUT2D eigenvalue weighted by Gasteiger charge is -2.11.